The summed E-state index contributed by atoms with van der Waals surface area (Å²) in [4.78, 5) is 0. The summed E-state index contributed by atoms with van der Waals surface area (Å²) in [6.07, 6.45) is 0.750. The fraction of sp³-hybridized carbons (Fsp3) is 0.500. The second kappa shape index (κ2) is 5.54. The van der Waals surface area contributed by atoms with Crippen LogP contribution in [0.1, 0.15) is 12.0 Å². The van der Waals surface area contributed by atoms with E-state index in [9.17, 15) is 5.11 Å². The molecule has 1 aromatic carbocycles. The second-order valence-electron chi connectivity index (χ2n) is 3.85. The predicted molar refractivity (Wildman–Crippen MR) is 63.0 cm³/mol. The van der Waals surface area contributed by atoms with Crippen molar-refractivity contribution in [1.82, 2.24) is 0 Å². The molecule has 2 unspecified atom stereocenters. The third kappa shape index (κ3) is 3.52. The highest BCUT2D eigenvalue weighted by Crippen LogP contribution is 2.26. The average Bonchev–Trinajstić information content (AvgIpc) is 2.66. The van der Waals surface area contributed by atoms with Crippen LogP contribution >= 0.6 is 11.8 Å². The minimum absolute atomic E-state index is 0.125. The Hall–Kier alpha value is -0.510. The first-order chi connectivity index (χ1) is 7.34. The number of benzene rings is 1. The van der Waals surface area contributed by atoms with Crippen LogP contribution in [0.4, 0.5) is 0 Å². The summed E-state index contributed by atoms with van der Waals surface area (Å²) in [5, 5.41) is 9.82. The molecule has 0 radical (unpaired) electrons. The van der Waals surface area contributed by atoms with Crippen LogP contribution in [0.5, 0.6) is 0 Å². The molecule has 1 aliphatic heterocycles. The Morgan fingerprint density at radius 1 is 1.33 bits per heavy atom. The molecule has 15 heavy (non-hydrogen) atoms. The van der Waals surface area contributed by atoms with E-state index in [4.69, 9.17) is 4.74 Å². The largest absolute Gasteiger partial charge is 0.392 e. The van der Waals surface area contributed by atoms with Crippen LogP contribution in [0, 0.1) is 0 Å². The zero-order valence-electron chi connectivity index (χ0n) is 8.63. The first-order valence-electron chi connectivity index (χ1n) is 5.26. The molecule has 0 spiro atoms. The summed E-state index contributed by atoms with van der Waals surface area (Å²) < 4.78 is 5.62. The van der Waals surface area contributed by atoms with Gasteiger partial charge in [0.1, 0.15) is 0 Å². The predicted octanol–water partition coefficient (Wildman–Crippen LogP) is 2.07. The fourth-order valence-corrected chi connectivity index (χ4v) is 2.87. The zero-order valence-corrected chi connectivity index (χ0v) is 9.45. The van der Waals surface area contributed by atoms with Crippen molar-refractivity contribution in [1.29, 1.82) is 0 Å². The number of aliphatic hydroxyl groups excluding tert-OH is 1. The van der Waals surface area contributed by atoms with Crippen molar-refractivity contribution < 1.29 is 9.84 Å². The molecule has 1 saturated heterocycles. The third-order valence-electron chi connectivity index (χ3n) is 2.47. The van der Waals surface area contributed by atoms with E-state index >= 15 is 0 Å². The summed E-state index contributed by atoms with van der Waals surface area (Å²) in [7, 11) is 0. The molecule has 0 saturated carbocycles. The number of ether oxygens (including phenoxy) is 1. The normalized spacial score (nSPS) is 25.7. The van der Waals surface area contributed by atoms with Crippen LogP contribution in [0.25, 0.3) is 0 Å². The molecule has 0 bridgehead atoms. The van der Waals surface area contributed by atoms with Gasteiger partial charge in [-0.3, -0.25) is 0 Å². The number of hydrogen-bond acceptors (Lipinski definition) is 3. The first kappa shape index (κ1) is 11.0. The Morgan fingerprint density at radius 3 is 2.80 bits per heavy atom. The number of hydrogen-bond donors (Lipinski definition) is 1. The lowest BCUT2D eigenvalue weighted by Gasteiger charge is -2.09. The lowest BCUT2D eigenvalue weighted by Crippen LogP contribution is -2.11. The first-order valence-corrected chi connectivity index (χ1v) is 6.31. The molecular weight excluding hydrogens is 208 g/mol. The lowest BCUT2D eigenvalue weighted by atomic mass is 10.2. The highest BCUT2D eigenvalue weighted by Gasteiger charge is 2.23. The maximum absolute atomic E-state index is 9.34. The quantitative estimate of drug-likeness (QED) is 0.849. The Labute approximate surface area is 94.6 Å². The van der Waals surface area contributed by atoms with E-state index in [-0.39, 0.29) is 6.10 Å². The van der Waals surface area contributed by atoms with Crippen molar-refractivity contribution in [3.05, 3.63) is 35.9 Å². The molecule has 2 nitrogen and oxygen atoms in total. The van der Waals surface area contributed by atoms with Gasteiger partial charge < -0.3 is 9.84 Å². The van der Waals surface area contributed by atoms with Crippen LogP contribution in [0.2, 0.25) is 0 Å². The topological polar surface area (TPSA) is 29.5 Å². The zero-order chi connectivity index (χ0) is 10.5. The van der Waals surface area contributed by atoms with Crippen LogP contribution in [0.15, 0.2) is 30.3 Å². The van der Waals surface area contributed by atoms with Crippen LogP contribution in [-0.4, -0.2) is 28.8 Å². The van der Waals surface area contributed by atoms with E-state index in [1.54, 1.807) is 0 Å². The van der Waals surface area contributed by atoms with E-state index < -0.39 is 0 Å². The van der Waals surface area contributed by atoms with Crippen molar-refractivity contribution in [2.45, 2.75) is 24.4 Å². The van der Waals surface area contributed by atoms with Gasteiger partial charge in [-0.1, -0.05) is 30.3 Å². The minimum Gasteiger partial charge on any atom is -0.392 e. The maximum atomic E-state index is 9.34. The van der Waals surface area contributed by atoms with Gasteiger partial charge in [0, 0.05) is 11.0 Å². The monoisotopic (exact) mass is 224 g/mol. The molecule has 0 amide bonds. The van der Waals surface area contributed by atoms with Gasteiger partial charge in [0.2, 0.25) is 0 Å². The number of rotatable bonds is 4. The molecule has 0 aromatic heterocycles. The number of aliphatic hydroxyl groups is 1. The molecule has 0 aliphatic carbocycles. The summed E-state index contributed by atoms with van der Waals surface area (Å²) in [5.74, 6) is 0.860. The minimum atomic E-state index is -0.125. The van der Waals surface area contributed by atoms with Crippen LogP contribution in [-0.2, 0) is 11.3 Å². The molecule has 2 rings (SSSR count). The maximum Gasteiger partial charge on any atom is 0.0717 e. The van der Waals surface area contributed by atoms with Gasteiger partial charge in [-0.2, -0.15) is 11.8 Å². The van der Waals surface area contributed by atoms with Crippen molar-refractivity contribution in [3.8, 4) is 0 Å². The van der Waals surface area contributed by atoms with E-state index in [1.807, 2.05) is 30.0 Å². The highest BCUT2D eigenvalue weighted by atomic mass is 32.2. The van der Waals surface area contributed by atoms with Crippen LogP contribution < -0.4 is 0 Å². The SMILES string of the molecule is OC1CSC(COCc2ccccc2)C1. The highest BCUT2D eigenvalue weighted by molar-refractivity contribution is 8.00. The molecule has 1 aliphatic rings. The van der Waals surface area contributed by atoms with E-state index in [0.29, 0.717) is 11.9 Å². The van der Waals surface area contributed by atoms with Gasteiger partial charge in [-0.15, -0.1) is 0 Å². The fourth-order valence-electron chi connectivity index (χ4n) is 1.69. The van der Waals surface area contributed by atoms with Crippen molar-refractivity contribution in [3.63, 3.8) is 0 Å². The third-order valence-corrected chi connectivity index (χ3v) is 3.85. The van der Waals surface area contributed by atoms with E-state index in [2.05, 4.69) is 12.1 Å². The van der Waals surface area contributed by atoms with Gasteiger partial charge >= 0.3 is 0 Å². The standard InChI is InChI=1S/C12H16O2S/c13-11-6-12(15-9-11)8-14-7-10-4-2-1-3-5-10/h1-5,11-13H,6-9H2. The molecule has 1 N–H and O–H groups in total. The number of thioether (sulfide) groups is 1. The van der Waals surface area contributed by atoms with Gasteiger partial charge in [0.25, 0.3) is 0 Å². The average molecular weight is 224 g/mol. The Morgan fingerprint density at radius 2 is 2.13 bits per heavy atom. The summed E-state index contributed by atoms with van der Waals surface area (Å²) in [5.41, 5.74) is 1.21. The summed E-state index contributed by atoms with van der Waals surface area (Å²) in [6, 6.07) is 10.2. The van der Waals surface area contributed by atoms with Crippen molar-refractivity contribution in [2.75, 3.05) is 12.4 Å². The molecule has 2 atom stereocenters. The van der Waals surface area contributed by atoms with Gasteiger partial charge in [-0.25, -0.2) is 0 Å². The molecule has 3 heteroatoms. The molecule has 1 aromatic rings. The van der Waals surface area contributed by atoms with E-state index in [1.165, 1.54) is 5.56 Å². The molecule has 1 heterocycles. The Bertz CT molecular complexity index is 289. The van der Waals surface area contributed by atoms with Crippen molar-refractivity contribution >= 4 is 11.8 Å². The lowest BCUT2D eigenvalue weighted by molar-refractivity contribution is 0.111. The van der Waals surface area contributed by atoms with Crippen molar-refractivity contribution in [2.24, 2.45) is 0 Å². The summed E-state index contributed by atoms with van der Waals surface area (Å²) in [6.45, 7) is 1.42. The molecule has 82 valence electrons. The van der Waals surface area contributed by atoms with Gasteiger partial charge in [0.15, 0.2) is 0 Å². The van der Waals surface area contributed by atoms with E-state index in [0.717, 1.165) is 18.8 Å². The van der Waals surface area contributed by atoms with Gasteiger partial charge in [-0.05, 0) is 12.0 Å². The molecular formula is C12H16O2S. The smallest absolute Gasteiger partial charge is 0.0717 e. The summed E-state index contributed by atoms with van der Waals surface area (Å²) >= 11 is 1.81. The van der Waals surface area contributed by atoms with Crippen LogP contribution in [0.3, 0.4) is 0 Å². The second-order valence-corrected chi connectivity index (χ2v) is 5.18. The van der Waals surface area contributed by atoms with Gasteiger partial charge in [0.05, 0.1) is 19.3 Å². The Kier molecular flexibility index (Phi) is 4.06. The Balaban J connectivity index is 1.67. The molecule has 1 fully saturated rings.